The van der Waals surface area contributed by atoms with Crippen molar-refractivity contribution >= 4 is 5.91 Å². The first kappa shape index (κ1) is 14.8. The van der Waals surface area contributed by atoms with Crippen molar-refractivity contribution in [1.29, 1.82) is 0 Å². The first-order chi connectivity index (χ1) is 9.26. The molecule has 19 heavy (non-hydrogen) atoms. The second-order valence-corrected chi connectivity index (χ2v) is 6.49. The molecule has 2 saturated carbocycles. The van der Waals surface area contributed by atoms with E-state index >= 15 is 0 Å². The molecule has 110 valence electrons. The molecule has 0 radical (unpaired) electrons. The molecule has 1 amide bonds. The normalized spacial score (nSPS) is 28.9. The van der Waals surface area contributed by atoms with Crippen molar-refractivity contribution < 1.29 is 4.79 Å². The third kappa shape index (κ3) is 4.20. The minimum Gasteiger partial charge on any atom is -0.352 e. The monoisotopic (exact) mass is 266 g/mol. The average molecular weight is 266 g/mol. The zero-order valence-electron chi connectivity index (χ0n) is 12.4. The van der Waals surface area contributed by atoms with Gasteiger partial charge in [0.15, 0.2) is 0 Å². The van der Waals surface area contributed by atoms with E-state index in [-0.39, 0.29) is 11.9 Å². The van der Waals surface area contributed by atoms with E-state index < -0.39 is 0 Å². The van der Waals surface area contributed by atoms with Crippen molar-refractivity contribution in [3.8, 4) is 0 Å². The Labute approximate surface area is 117 Å². The number of hydrogen-bond donors (Lipinski definition) is 2. The lowest BCUT2D eigenvalue weighted by atomic mass is 9.85. The van der Waals surface area contributed by atoms with Gasteiger partial charge in [-0.2, -0.15) is 0 Å². The maximum absolute atomic E-state index is 12.2. The van der Waals surface area contributed by atoms with Crippen LogP contribution in [0.25, 0.3) is 0 Å². The van der Waals surface area contributed by atoms with Gasteiger partial charge in [0, 0.05) is 18.5 Å². The van der Waals surface area contributed by atoms with Gasteiger partial charge in [0.25, 0.3) is 0 Å². The number of unbranched alkanes of at least 4 members (excludes halogenated alkanes) is 1. The maximum Gasteiger partial charge on any atom is 0.223 e. The zero-order valence-corrected chi connectivity index (χ0v) is 12.4. The molecule has 2 aliphatic carbocycles. The minimum atomic E-state index is 0.194. The Balaban J connectivity index is 1.72. The molecule has 3 atom stereocenters. The number of amides is 1. The van der Waals surface area contributed by atoms with E-state index in [1.807, 2.05) is 0 Å². The summed E-state index contributed by atoms with van der Waals surface area (Å²) in [5, 5.41) is 3.17. The van der Waals surface area contributed by atoms with Crippen molar-refractivity contribution in [2.75, 3.05) is 6.54 Å². The highest BCUT2D eigenvalue weighted by Gasteiger charge is 2.47. The van der Waals surface area contributed by atoms with Crippen LogP contribution in [0.2, 0.25) is 0 Å². The Bertz CT molecular complexity index is 286. The summed E-state index contributed by atoms with van der Waals surface area (Å²) in [5.74, 6) is 2.10. The molecule has 0 heterocycles. The Hall–Kier alpha value is -0.570. The van der Waals surface area contributed by atoms with Gasteiger partial charge in [-0.15, -0.1) is 0 Å². The van der Waals surface area contributed by atoms with E-state index in [0.29, 0.717) is 18.4 Å². The number of carbonyl (C=O) groups is 1. The molecule has 0 saturated heterocycles. The lowest BCUT2D eigenvalue weighted by molar-refractivity contribution is -0.123. The quantitative estimate of drug-likeness (QED) is 0.744. The van der Waals surface area contributed by atoms with Crippen molar-refractivity contribution in [2.24, 2.45) is 23.5 Å². The summed E-state index contributed by atoms with van der Waals surface area (Å²) in [5.41, 5.74) is 5.75. The second kappa shape index (κ2) is 7.28. The van der Waals surface area contributed by atoms with Crippen molar-refractivity contribution in [3.05, 3.63) is 0 Å². The van der Waals surface area contributed by atoms with Gasteiger partial charge in [0.2, 0.25) is 5.91 Å². The highest BCUT2D eigenvalue weighted by Crippen LogP contribution is 2.49. The molecule has 2 rings (SSSR count). The molecule has 0 spiro atoms. The van der Waals surface area contributed by atoms with E-state index in [9.17, 15) is 4.79 Å². The SMILES string of the molecule is CCCCC(CN)NC(=O)C1CC1C1CCCCC1. The standard InChI is InChI=1S/C16H30N2O/c1-2-3-9-13(11-17)18-16(19)15-10-14(15)12-7-5-4-6-8-12/h12-15H,2-11,17H2,1H3,(H,18,19). The molecule has 2 aliphatic rings. The number of hydrogen-bond acceptors (Lipinski definition) is 2. The fourth-order valence-electron chi connectivity index (χ4n) is 3.61. The topological polar surface area (TPSA) is 55.1 Å². The summed E-state index contributed by atoms with van der Waals surface area (Å²) >= 11 is 0. The predicted octanol–water partition coefficient (Wildman–Crippen LogP) is 2.84. The molecule has 3 N–H and O–H groups in total. The molecule has 0 aromatic heterocycles. The fraction of sp³-hybridized carbons (Fsp3) is 0.938. The molecule has 0 aromatic carbocycles. The van der Waals surface area contributed by atoms with Crippen LogP contribution in [0, 0.1) is 17.8 Å². The Morgan fingerprint density at radius 2 is 2.05 bits per heavy atom. The molecule has 3 heteroatoms. The summed E-state index contributed by atoms with van der Waals surface area (Å²) in [6, 6.07) is 0.194. The van der Waals surface area contributed by atoms with Gasteiger partial charge in [0.05, 0.1) is 0 Å². The number of rotatable bonds is 7. The van der Waals surface area contributed by atoms with E-state index in [4.69, 9.17) is 5.73 Å². The van der Waals surface area contributed by atoms with E-state index in [1.54, 1.807) is 0 Å². The molecule has 0 aliphatic heterocycles. The van der Waals surface area contributed by atoms with Gasteiger partial charge in [-0.3, -0.25) is 4.79 Å². The Kier molecular flexibility index (Phi) is 5.68. The van der Waals surface area contributed by atoms with Crippen molar-refractivity contribution in [2.45, 2.75) is 70.8 Å². The lowest BCUT2D eigenvalue weighted by Crippen LogP contribution is -2.41. The second-order valence-electron chi connectivity index (χ2n) is 6.49. The molecule has 0 bridgehead atoms. The van der Waals surface area contributed by atoms with Crippen molar-refractivity contribution in [1.82, 2.24) is 5.32 Å². The van der Waals surface area contributed by atoms with Gasteiger partial charge in [0.1, 0.15) is 0 Å². The number of nitrogens with two attached hydrogens (primary N) is 1. The lowest BCUT2D eigenvalue weighted by Gasteiger charge is -2.22. The number of nitrogens with one attached hydrogen (secondary N) is 1. The molecule has 3 nitrogen and oxygen atoms in total. The highest BCUT2D eigenvalue weighted by atomic mass is 16.2. The van der Waals surface area contributed by atoms with Gasteiger partial charge < -0.3 is 11.1 Å². The van der Waals surface area contributed by atoms with E-state index in [2.05, 4.69) is 12.2 Å². The van der Waals surface area contributed by atoms with Crippen LogP contribution in [0.1, 0.15) is 64.7 Å². The first-order valence-corrected chi connectivity index (χ1v) is 8.26. The van der Waals surface area contributed by atoms with Gasteiger partial charge in [-0.25, -0.2) is 0 Å². The third-order valence-corrected chi connectivity index (χ3v) is 4.97. The van der Waals surface area contributed by atoms with Crippen LogP contribution in [-0.2, 0) is 4.79 Å². The fourth-order valence-corrected chi connectivity index (χ4v) is 3.61. The largest absolute Gasteiger partial charge is 0.352 e. The van der Waals surface area contributed by atoms with Gasteiger partial charge in [-0.1, -0.05) is 51.9 Å². The first-order valence-electron chi connectivity index (χ1n) is 8.26. The van der Waals surface area contributed by atoms with E-state index in [0.717, 1.165) is 25.2 Å². The van der Waals surface area contributed by atoms with E-state index in [1.165, 1.54) is 38.5 Å². The molecule has 3 unspecified atom stereocenters. The van der Waals surface area contributed by atoms with Crippen molar-refractivity contribution in [3.63, 3.8) is 0 Å². The Morgan fingerprint density at radius 3 is 2.68 bits per heavy atom. The summed E-state index contributed by atoms with van der Waals surface area (Å²) in [4.78, 5) is 12.2. The third-order valence-electron chi connectivity index (χ3n) is 4.97. The van der Waals surface area contributed by atoms with Crippen LogP contribution in [0.4, 0.5) is 0 Å². The average Bonchev–Trinajstić information content (AvgIpc) is 3.24. The Morgan fingerprint density at radius 1 is 1.32 bits per heavy atom. The summed E-state index contributed by atoms with van der Waals surface area (Å²) in [6.45, 7) is 2.75. The smallest absolute Gasteiger partial charge is 0.223 e. The minimum absolute atomic E-state index is 0.194. The summed E-state index contributed by atoms with van der Waals surface area (Å²) < 4.78 is 0. The van der Waals surface area contributed by atoms with Crippen LogP contribution in [-0.4, -0.2) is 18.5 Å². The molecule has 2 fully saturated rings. The summed E-state index contributed by atoms with van der Waals surface area (Å²) in [7, 11) is 0. The van der Waals surface area contributed by atoms with Crippen LogP contribution in [0.5, 0.6) is 0 Å². The summed E-state index contributed by atoms with van der Waals surface area (Å²) in [6.07, 6.45) is 11.3. The number of carbonyl (C=O) groups excluding carboxylic acids is 1. The highest BCUT2D eigenvalue weighted by molar-refractivity contribution is 5.81. The predicted molar refractivity (Wildman–Crippen MR) is 78.7 cm³/mol. The van der Waals surface area contributed by atoms with Crippen LogP contribution in [0.15, 0.2) is 0 Å². The molecule has 0 aromatic rings. The molecular formula is C16H30N2O. The zero-order chi connectivity index (χ0) is 13.7. The van der Waals surface area contributed by atoms with Gasteiger partial charge >= 0.3 is 0 Å². The van der Waals surface area contributed by atoms with Crippen LogP contribution in [0.3, 0.4) is 0 Å². The maximum atomic E-state index is 12.2. The van der Waals surface area contributed by atoms with Crippen LogP contribution >= 0.6 is 0 Å². The van der Waals surface area contributed by atoms with Gasteiger partial charge in [-0.05, 0) is 24.7 Å². The van der Waals surface area contributed by atoms with Crippen LogP contribution < -0.4 is 11.1 Å². The molecular weight excluding hydrogens is 236 g/mol.